The van der Waals surface area contributed by atoms with Crippen molar-refractivity contribution >= 4 is 17.5 Å². The van der Waals surface area contributed by atoms with E-state index in [4.69, 9.17) is 47.4 Å². The molecule has 3 aromatic carbocycles. The van der Waals surface area contributed by atoms with Crippen molar-refractivity contribution in [1.82, 2.24) is 10.3 Å². The predicted octanol–water partition coefficient (Wildman–Crippen LogP) is 7.02. The van der Waals surface area contributed by atoms with Crippen LogP contribution < -0.4 is 15.4 Å². The first kappa shape index (κ1) is 50.6. The van der Waals surface area contributed by atoms with E-state index in [1.807, 2.05) is 48.5 Å². The Morgan fingerprint density at radius 3 is 1.82 bits per heavy atom. The molecule has 0 saturated heterocycles. The second kappa shape index (κ2) is 29.8. The Bertz CT molecular complexity index is 2030. The van der Waals surface area contributed by atoms with Gasteiger partial charge in [-0.05, 0) is 97.7 Å². The number of hydrogen-bond acceptors (Lipinski definition) is 13. The number of nitrogens with zero attached hydrogens (tertiary/aromatic N) is 1. The number of aromatic nitrogens is 1. The quantitative estimate of drug-likeness (QED) is 0.0470. The minimum absolute atomic E-state index is 0.0541. The first-order valence-electron chi connectivity index (χ1n) is 23.2. The molecular weight excluding hydrogens is 847 g/mol. The number of fused-ring (bicyclic) bond motifs is 1. The molecule has 2 amide bonds. The zero-order valence-electron chi connectivity index (χ0n) is 38.3. The molecule has 358 valence electrons. The molecule has 2 N–H and O–H groups in total. The fourth-order valence-corrected chi connectivity index (χ4v) is 7.33. The number of aryl methyl sites for hydroxylation is 1. The summed E-state index contributed by atoms with van der Waals surface area (Å²) in [6.45, 7) is 8.15. The van der Waals surface area contributed by atoms with Crippen LogP contribution in [0.2, 0.25) is 0 Å². The van der Waals surface area contributed by atoms with Gasteiger partial charge in [-0.2, -0.15) is 0 Å². The van der Waals surface area contributed by atoms with Crippen LogP contribution >= 0.6 is 0 Å². The molecule has 6 rings (SSSR count). The van der Waals surface area contributed by atoms with E-state index in [9.17, 15) is 9.59 Å². The molecule has 0 spiro atoms. The number of methoxy groups -OCH3 is 1. The van der Waals surface area contributed by atoms with Crippen molar-refractivity contribution in [1.29, 1.82) is 0 Å². The Labute approximate surface area is 389 Å². The Hall–Kier alpha value is -4.81. The highest BCUT2D eigenvalue weighted by Crippen LogP contribution is 2.35. The molecule has 1 heterocycles. The van der Waals surface area contributed by atoms with Crippen molar-refractivity contribution in [3.05, 3.63) is 113 Å². The van der Waals surface area contributed by atoms with E-state index in [1.165, 1.54) is 11.1 Å². The second-order valence-electron chi connectivity index (χ2n) is 15.9. The van der Waals surface area contributed by atoms with Crippen molar-refractivity contribution in [3.8, 4) is 17.0 Å². The smallest absolute Gasteiger partial charge is 0.255 e. The number of rotatable bonds is 33. The highest BCUT2D eigenvalue weighted by molar-refractivity contribution is 6.06. The molecule has 2 aliphatic carbocycles. The number of anilines is 1. The molecule has 0 radical (unpaired) electrons. The third-order valence-corrected chi connectivity index (χ3v) is 11.1. The Morgan fingerprint density at radius 1 is 0.591 bits per heavy atom. The predicted molar refractivity (Wildman–Crippen MR) is 249 cm³/mol. The standard InChI is InChI=1S/C51H67N3O12/c1-57-19-20-58-21-22-59-23-24-60-25-26-61-27-28-62-29-30-63-31-32-64-33-34-65-38-39-7-4-10-41(35-39)50(55)54-48-16-15-44(66-43-11-6-12-43)37-46(48)49-36-42(17-18-52-49)51(56)53-47-14-5-9-40-8-2-3-13-45(40)47/h2-4,7-8,10,13,15-18,35-37,43,47H,5-6,9,11-12,14,19-34,38H2,1H3,(H,53,56)(H,54,55). The lowest BCUT2D eigenvalue weighted by atomic mass is 9.87. The van der Waals surface area contributed by atoms with E-state index in [2.05, 4.69) is 27.8 Å². The summed E-state index contributed by atoms with van der Waals surface area (Å²) < 4.78 is 55.5. The van der Waals surface area contributed by atoms with Crippen LogP contribution in [0.25, 0.3) is 11.3 Å². The average Bonchev–Trinajstić information content (AvgIpc) is 3.33. The zero-order chi connectivity index (χ0) is 45.9. The first-order valence-corrected chi connectivity index (χ1v) is 23.2. The Kier molecular flexibility index (Phi) is 22.8. The molecule has 1 fully saturated rings. The number of hydrogen-bond donors (Lipinski definition) is 2. The van der Waals surface area contributed by atoms with Gasteiger partial charge in [-0.1, -0.05) is 36.4 Å². The lowest BCUT2D eigenvalue weighted by molar-refractivity contribution is -0.0246. The fourth-order valence-electron chi connectivity index (χ4n) is 7.33. The number of carbonyl (C=O) groups excluding carboxylic acids is 2. The molecule has 1 aromatic heterocycles. The highest BCUT2D eigenvalue weighted by atomic mass is 16.6. The van der Waals surface area contributed by atoms with Crippen LogP contribution in [0.4, 0.5) is 5.69 Å². The SMILES string of the molecule is COCCOCCOCCOCCOCCOCCOCCOCCOCc1cccc(C(=O)Nc2ccc(OC3CCC3)cc2-c2cc(C(=O)NC3CCCc4ccccc43)ccn2)c1. The number of nitrogens with one attached hydrogen (secondary N) is 2. The van der Waals surface area contributed by atoms with Gasteiger partial charge in [-0.15, -0.1) is 0 Å². The van der Waals surface area contributed by atoms with Gasteiger partial charge in [0.2, 0.25) is 0 Å². The number of benzene rings is 3. The summed E-state index contributed by atoms with van der Waals surface area (Å²) in [4.78, 5) is 32.0. The van der Waals surface area contributed by atoms with E-state index in [0.717, 1.165) is 44.1 Å². The Balaban J connectivity index is 0.855. The summed E-state index contributed by atoms with van der Waals surface area (Å²) in [6.07, 6.45) is 7.87. The van der Waals surface area contributed by atoms with Crippen LogP contribution in [0.5, 0.6) is 5.75 Å². The van der Waals surface area contributed by atoms with Gasteiger partial charge in [0, 0.05) is 30.0 Å². The molecule has 66 heavy (non-hydrogen) atoms. The van der Waals surface area contributed by atoms with Crippen molar-refractivity contribution < 1.29 is 57.0 Å². The van der Waals surface area contributed by atoms with Gasteiger partial charge in [-0.3, -0.25) is 14.6 Å². The zero-order valence-corrected chi connectivity index (χ0v) is 38.3. The normalized spacial score (nSPS) is 14.7. The summed E-state index contributed by atoms with van der Waals surface area (Å²) >= 11 is 0. The van der Waals surface area contributed by atoms with Crippen molar-refractivity contribution in [2.45, 2.75) is 57.3 Å². The maximum absolute atomic E-state index is 13.7. The molecule has 1 saturated carbocycles. The number of pyridine rings is 1. The van der Waals surface area contributed by atoms with E-state index < -0.39 is 0 Å². The lowest BCUT2D eigenvalue weighted by Gasteiger charge is -2.27. The van der Waals surface area contributed by atoms with E-state index in [0.29, 0.717) is 146 Å². The van der Waals surface area contributed by atoms with Crippen LogP contribution in [0.15, 0.2) is 85.1 Å². The minimum Gasteiger partial charge on any atom is -0.490 e. The van der Waals surface area contributed by atoms with E-state index in [-0.39, 0.29) is 24.0 Å². The Morgan fingerprint density at radius 2 is 1.20 bits per heavy atom. The number of ether oxygens (including phenoxy) is 10. The molecule has 1 unspecified atom stereocenters. The number of amides is 2. The van der Waals surface area contributed by atoms with Gasteiger partial charge in [0.1, 0.15) is 5.75 Å². The van der Waals surface area contributed by atoms with Crippen LogP contribution in [-0.2, 0) is 55.7 Å². The van der Waals surface area contributed by atoms with Crippen LogP contribution in [0, 0.1) is 0 Å². The molecule has 15 heteroatoms. The summed E-state index contributed by atoms with van der Waals surface area (Å²) in [6, 6.07) is 24.7. The third-order valence-electron chi connectivity index (χ3n) is 11.1. The number of carbonyl (C=O) groups is 2. The third kappa shape index (κ3) is 17.8. The highest BCUT2D eigenvalue weighted by Gasteiger charge is 2.24. The molecular formula is C51H67N3O12. The summed E-state index contributed by atoms with van der Waals surface area (Å²) in [5.74, 6) is 0.237. The van der Waals surface area contributed by atoms with Crippen LogP contribution in [0.3, 0.4) is 0 Å². The molecule has 1 atom stereocenters. The van der Waals surface area contributed by atoms with Gasteiger partial charge in [0.25, 0.3) is 11.8 Å². The van der Waals surface area contributed by atoms with Gasteiger partial charge in [-0.25, -0.2) is 0 Å². The van der Waals surface area contributed by atoms with Gasteiger partial charge < -0.3 is 58.0 Å². The second-order valence-corrected chi connectivity index (χ2v) is 15.9. The largest absolute Gasteiger partial charge is 0.490 e. The monoisotopic (exact) mass is 913 g/mol. The molecule has 0 bridgehead atoms. The van der Waals surface area contributed by atoms with Gasteiger partial charge in [0.05, 0.1) is 136 Å². The molecule has 15 nitrogen and oxygen atoms in total. The molecule has 4 aromatic rings. The van der Waals surface area contributed by atoms with Crippen LogP contribution in [0.1, 0.15) is 75.6 Å². The average molecular weight is 914 g/mol. The maximum Gasteiger partial charge on any atom is 0.255 e. The topological polar surface area (TPSA) is 163 Å². The van der Waals surface area contributed by atoms with Crippen LogP contribution in [-0.4, -0.2) is 136 Å². The summed E-state index contributed by atoms with van der Waals surface area (Å²) in [5, 5.41) is 6.34. The first-order chi connectivity index (χ1) is 32.6. The minimum atomic E-state index is -0.284. The van der Waals surface area contributed by atoms with Crippen molar-refractivity contribution in [2.75, 3.05) is 118 Å². The lowest BCUT2D eigenvalue weighted by Crippen LogP contribution is -2.31. The molecule has 0 aliphatic heterocycles. The summed E-state index contributed by atoms with van der Waals surface area (Å²) in [7, 11) is 1.64. The van der Waals surface area contributed by atoms with Gasteiger partial charge in [0.15, 0.2) is 0 Å². The van der Waals surface area contributed by atoms with E-state index >= 15 is 0 Å². The van der Waals surface area contributed by atoms with Crippen molar-refractivity contribution in [2.24, 2.45) is 0 Å². The maximum atomic E-state index is 13.7. The summed E-state index contributed by atoms with van der Waals surface area (Å²) in [5.41, 5.74) is 6.04. The van der Waals surface area contributed by atoms with Crippen molar-refractivity contribution in [3.63, 3.8) is 0 Å². The van der Waals surface area contributed by atoms with Gasteiger partial charge >= 0.3 is 0 Å². The van der Waals surface area contributed by atoms with E-state index in [1.54, 1.807) is 31.5 Å². The fraction of sp³-hybridized carbons (Fsp3) is 0.510. The molecule has 2 aliphatic rings.